The predicted octanol–water partition coefficient (Wildman–Crippen LogP) is 2.15. The predicted molar refractivity (Wildman–Crippen MR) is 137 cm³/mol. The highest BCUT2D eigenvalue weighted by atomic mass is 16.6. The monoisotopic (exact) mass is 520 g/mol. The van der Waals surface area contributed by atoms with Crippen molar-refractivity contribution in [1.82, 2.24) is 4.90 Å². The number of likely N-dealkylation sites (N-methyl/N-ethyl adjacent to an activating group) is 1. The Kier molecular flexibility index (Phi) is 5.97. The lowest BCUT2D eigenvalue weighted by Gasteiger charge is -2.61. The molecule has 2 aromatic carbocycles. The minimum absolute atomic E-state index is 0.0199. The van der Waals surface area contributed by atoms with Gasteiger partial charge in [-0.2, -0.15) is 0 Å². The van der Waals surface area contributed by atoms with Crippen LogP contribution >= 0.6 is 0 Å². The molecular formula is C29H32N2O7. The second kappa shape index (κ2) is 9.11. The van der Waals surface area contributed by atoms with Crippen molar-refractivity contribution in [3.8, 4) is 11.5 Å². The van der Waals surface area contributed by atoms with Crippen LogP contribution in [-0.2, 0) is 30.9 Å². The van der Waals surface area contributed by atoms with Gasteiger partial charge in [0.15, 0.2) is 17.6 Å². The molecule has 2 unspecified atom stereocenters. The maximum absolute atomic E-state index is 13.6. The quantitative estimate of drug-likeness (QED) is 0.529. The maximum atomic E-state index is 13.6. The molecule has 1 spiro atoms. The fraction of sp³-hybridized carbons (Fsp3) is 0.448. The van der Waals surface area contributed by atoms with E-state index in [2.05, 4.69) is 4.90 Å². The van der Waals surface area contributed by atoms with Gasteiger partial charge in [0.2, 0.25) is 6.10 Å². The number of aliphatic hydroxyl groups is 1. The number of benzene rings is 2. The van der Waals surface area contributed by atoms with Gasteiger partial charge in [0, 0.05) is 30.1 Å². The minimum Gasteiger partial charge on any atom is -0.493 e. The highest BCUT2D eigenvalue weighted by Gasteiger charge is 2.72. The molecular weight excluding hydrogens is 488 g/mol. The van der Waals surface area contributed by atoms with E-state index >= 15 is 0 Å². The van der Waals surface area contributed by atoms with E-state index in [1.54, 1.807) is 37.5 Å². The minimum atomic E-state index is -1.26. The number of hydrogen-bond donors (Lipinski definition) is 2. The van der Waals surface area contributed by atoms with E-state index in [1.165, 1.54) is 0 Å². The van der Waals surface area contributed by atoms with Gasteiger partial charge in [0.25, 0.3) is 0 Å². The number of nitrogens with two attached hydrogens (primary N) is 1. The fourth-order valence-electron chi connectivity index (χ4n) is 6.95. The van der Waals surface area contributed by atoms with E-state index in [0.29, 0.717) is 42.1 Å². The van der Waals surface area contributed by atoms with Crippen LogP contribution in [0.5, 0.6) is 11.5 Å². The summed E-state index contributed by atoms with van der Waals surface area (Å²) in [6.07, 6.45) is 1.34. The van der Waals surface area contributed by atoms with Gasteiger partial charge in [-0.3, -0.25) is 4.79 Å². The van der Waals surface area contributed by atoms with Crippen molar-refractivity contribution in [1.29, 1.82) is 0 Å². The van der Waals surface area contributed by atoms with Gasteiger partial charge in [-0.15, -0.1) is 0 Å². The first kappa shape index (κ1) is 24.9. The van der Waals surface area contributed by atoms with Gasteiger partial charge < -0.3 is 34.7 Å². The molecule has 2 aliphatic heterocycles. The summed E-state index contributed by atoms with van der Waals surface area (Å²) in [7, 11) is 3.62. The molecule has 4 aliphatic rings. The van der Waals surface area contributed by atoms with Gasteiger partial charge in [-0.25, -0.2) is 4.79 Å². The molecule has 0 radical (unpaired) electrons. The van der Waals surface area contributed by atoms with Gasteiger partial charge in [0.1, 0.15) is 5.76 Å². The topological polar surface area (TPSA) is 121 Å². The lowest BCUT2D eigenvalue weighted by Crippen LogP contribution is -2.74. The van der Waals surface area contributed by atoms with Crippen LogP contribution in [0.4, 0.5) is 0 Å². The third-order valence-electron chi connectivity index (χ3n) is 8.69. The third-order valence-corrected chi connectivity index (χ3v) is 8.69. The molecule has 2 aliphatic carbocycles. The summed E-state index contributed by atoms with van der Waals surface area (Å²) in [5.74, 6) is 0.157. The number of nitrogens with zero attached hydrogens (tertiary/aromatic N) is 1. The number of rotatable bonds is 7. The zero-order valence-corrected chi connectivity index (χ0v) is 21.5. The van der Waals surface area contributed by atoms with Gasteiger partial charge >= 0.3 is 11.9 Å². The Bertz CT molecular complexity index is 1310. The Morgan fingerprint density at radius 1 is 1.24 bits per heavy atom. The van der Waals surface area contributed by atoms with Crippen LogP contribution in [0.3, 0.4) is 0 Å². The van der Waals surface area contributed by atoms with Gasteiger partial charge in [0.05, 0.1) is 24.5 Å². The number of carbonyl (C=O) groups is 2. The first-order chi connectivity index (χ1) is 18.3. The molecule has 38 heavy (non-hydrogen) atoms. The van der Waals surface area contributed by atoms with Crippen molar-refractivity contribution in [3.05, 3.63) is 71.0 Å². The summed E-state index contributed by atoms with van der Waals surface area (Å²) in [5.41, 5.74) is 6.14. The summed E-state index contributed by atoms with van der Waals surface area (Å²) in [6.45, 7) is 0.864. The highest BCUT2D eigenvalue weighted by molar-refractivity contribution is 5.82. The van der Waals surface area contributed by atoms with Crippen LogP contribution in [0.1, 0.15) is 42.1 Å². The van der Waals surface area contributed by atoms with Crippen LogP contribution in [0.15, 0.2) is 54.3 Å². The molecule has 0 amide bonds. The number of likely N-dealkylation sites (tertiary alicyclic amines) is 1. The largest absolute Gasteiger partial charge is 0.493 e. The van der Waals surface area contributed by atoms with Gasteiger partial charge in [-0.1, -0.05) is 36.4 Å². The number of hydrogen-bond acceptors (Lipinski definition) is 9. The third kappa shape index (κ3) is 3.42. The van der Waals surface area contributed by atoms with E-state index in [-0.39, 0.29) is 19.0 Å². The maximum Gasteiger partial charge on any atom is 0.357 e. The molecule has 1 saturated heterocycles. The molecule has 6 rings (SSSR count). The Morgan fingerprint density at radius 2 is 2.03 bits per heavy atom. The first-order valence-corrected chi connectivity index (χ1v) is 13.0. The second-order valence-corrected chi connectivity index (χ2v) is 10.5. The zero-order chi connectivity index (χ0) is 26.7. The van der Waals surface area contributed by atoms with Crippen molar-refractivity contribution < 1.29 is 33.6 Å². The van der Waals surface area contributed by atoms with Crippen molar-refractivity contribution in [2.24, 2.45) is 5.73 Å². The molecule has 2 bridgehead atoms. The van der Waals surface area contributed by atoms with Crippen LogP contribution in [0.2, 0.25) is 0 Å². The Morgan fingerprint density at radius 3 is 2.76 bits per heavy atom. The second-order valence-electron chi connectivity index (χ2n) is 10.5. The molecule has 3 N–H and O–H groups in total. The van der Waals surface area contributed by atoms with Crippen LogP contribution in [-0.4, -0.2) is 66.9 Å². The van der Waals surface area contributed by atoms with Gasteiger partial charge in [-0.05, 0) is 44.1 Å². The first-order valence-electron chi connectivity index (χ1n) is 13.0. The standard InChI is InChI=1S/C29H32N2O7/c1-31-15-13-28-23-18-8-9-19(35-2)25(23)38-26(28)20(10-12-29(28,34)21(31)16-18)36-27(33)24(37-22(32)11-14-30)17-6-4-3-5-7-17/h3-10,21,24,26,34H,11-16,30H2,1-2H3/t21-,24-,26?,28?,29-/m1/s1. The molecule has 0 aromatic heterocycles. The Labute approximate surface area is 221 Å². The number of esters is 2. The average molecular weight is 521 g/mol. The summed E-state index contributed by atoms with van der Waals surface area (Å²) in [4.78, 5) is 28.1. The van der Waals surface area contributed by atoms with E-state index in [4.69, 9.17) is 24.7 Å². The lowest BCUT2D eigenvalue weighted by molar-refractivity contribution is -0.176. The zero-order valence-electron chi connectivity index (χ0n) is 21.5. The summed E-state index contributed by atoms with van der Waals surface area (Å²) < 4.78 is 23.7. The Balaban J connectivity index is 1.39. The van der Waals surface area contributed by atoms with Crippen LogP contribution in [0, 0.1) is 0 Å². The van der Waals surface area contributed by atoms with Crippen molar-refractivity contribution in [2.75, 3.05) is 27.2 Å². The lowest BCUT2D eigenvalue weighted by atomic mass is 9.50. The molecule has 200 valence electrons. The summed E-state index contributed by atoms with van der Waals surface area (Å²) in [5, 5.41) is 12.3. The molecule has 5 atom stereocenters. The molecule has 2 heterocycles. The SMILES string of the molecule is COc1ccc2c3c1OC1C(OC(=O)[C@H](OC(=O)CCN)c4ccccc4)=CC[C@@]4(O)[C@@H](C2)N(C)CCC314. The number of methoxy groups -OCH3 is 1. The van der Waals surface area contributed by atoms with E-state index in [1.807, 2.05) is 25.2 Å². The van der Waals surface area contributed by atoms with E-state index in [0.717, 1.165) is 17.7 Å². The number of carbonyl (C=O) groups excluding carboxylic acids is 2. The van der Waals surface area contributed by atoms with E-state index < -0.39 is 35.2 Å². The van der Waals surface area contributed by atoms with Crippen molar-refractivity contribution in [3.63, 3.8) is 0 Å². The normalized spacial score (nSPS) is 29.4. The summed E-state index contributed by atoms with van der Waals surface area (Å²) >= 11 is 0. The van der Waals surface area contributed by atoms with Crippen molar-refractivity contribution >= 4 is 11.9 Å². The molecule has 0 saturated carbocycles. The molecule has 2 aromatic rings. The summed E-state index contributed by atoms with van der Waals surface area (Å²) in [6, 6.07) is 12.6. The molecule has 9 heteroatoms. The number of piperidine rings is 1. The molecule has 9 nitrogen and oxygen atoms in total. The fourth-order valence-corrected chi connectivity index (χ4v) is 6.95. The number of ether oxygens (including phenoxy) is 4. The van der Waals surface area contributed by atoms with Crippen LogP contribution < -0.4 is 15.2 Å². The van der Waals surface area contributed by atoms with E-state index in [9.17, 15) is 14.7 Å². The smallest absolute Gasteiger partial charge is 0.357 e. The highest BCUT2D eigenvalue weighted by Crippen LogP contribution is 2.65. The van der Waals surface area contributed by atoms with Crippen molar-refractivity contribution in [2.45, 2.75) is 54.9 Å². The Hall–Kier alpha value is -3.40. The average Bonchev–Trinajstić information content (AvgIpc) is 3.27. The molecule has 1 fully saturated rings. The van der Waals surface area contributed by atoms with Crippen LogP contribution in [0.25, 0.3) is 0 Å².